The minimum atomic E-state index is 0. The first kappa shape index (κ1) is 23.9. The second kappa shape index (κ2) is 9.76. The van der Waals surface area contributed by atoms with Gasteiger partial charge in [0.2, 0.25) is 0 Å². The summed E-state index contributed by atoms with van der Waals surface area (Å²) in [5.74, 6) is 0. The second-order valence-corrected chi connectivity index (χ2v) is 10.2. The van der Waals surface area contributed by atoms with E-state index in [0.29, 0.717) is 0 Å². The molecule has 0 aliphatic heterocycles. The molecule has 0 nitrogen and oxygen atoms in total. The van der Waals surface area contributed by atoms with Gasteiger partial charge in [0, 0.05) is 0 Å². The summed E-state index contributed by atoms with van der Waals surface area (Å²) in [4.78, 5) is 0. The molecule has 0 saturated heterocycles. The van der Waals surface area contributed by atoms with E-state index in [1.54, 1.807) is 0 Å². The van der Waals surface area contributed by atoms with Gasteiger partial charge in [-0.05, 0) is 103 Å². The molecular formula is C37H29F. The van der Waals surface area contributed by atoms with Crippen LogP contribution in [0, 0.1) is 6.92 Å². The van der Waals surface area contributed by atoms with Gasteiger partial charge in [-0.2, -0.15) is 0 Å². The van der Waals surface area contributed by atoms with Gasteiger partial charge in [0.1, 0.15) is 0 Å². The number of rotatable bonds is 2. The number of hydrogen-bond donors (Lipinski definition) is 0. The summed E-state index contributed by atoms with van der Waals surface area (Å²) < 4.78 is 0. The molecule has 7 rings (SSSR count). The number of halogens is 1. The summed E-state index contributed by atoms with van der Waals surface area (Å²) in [6.45, 7) is 2.16. The molecule has 0 amide bonds. The van der Waals surface area contributed by atoms with Gasteiger partial charge in [-0.1, -0.05) is 115 Å². The first-order chi connectivity index (χ1) is 18.2. The number of allylic oxidation sites excluding steroid dienone is 8. The SMILES string of the molecule is Cc1ccc2c(C3=CC=CCC(c4c5ccccc5cc5cc6c(cc45)=CCC=CC=6)=C3)cccc2c1.F. The molecule has 0 fully saturated rings. The molecule has 0 heterocycles. The van der Waals surface area contributed by atoms with Gasteiger partial charge in [-0.15, -0.1) is 0 Å². The minimum absolute atomic E-state index is 0. The monoisotopic (exact) mass is 492 g/mol. The number of benzene rings is 5. The van der Waals surface area contributed by atoms with Gasteiger partial charge in [-0.3, -0.25) is 4.70 Å². The van der Waals surface area contributed by atoms with Crippen LogP contribution in [0.1, 0.15) is 29.5 Å². The first-order valence-corrected chi connectivity index (χ1v) is 13.1. The van der Waals surface area contributed by atoms with E-state index < -0.39 is 0 Å². The Hall–Kier alpha value is -4.49. The Bertz CT molecular complexity index is 1980. The van der Waals surface area contributed by atoms with Crippen molar-refractivity contribution < 1.29 is 4.70 Å². The molecule has 0 radical (unpaired) electrons. The predicted octanol–water partition coefficient (Wildman–Crippen LogP) is 8.55. The average Bonchev–Trinajstić information content (AvgIpc) is 3.30. The van der Waals surface area contributed by atoms with Gasteiger partial charge in [-0.25, -0.2) is 0 Å². The molecule has 5 aromatic carbocycles. The van der Waals surface area contributed by atoms with Crippen LogP contribution in [-0.4, -0.2) is 0 Å². The van der Waals surface area contributed by atoms with Crippen LogP contribution in [0.5, 0.6) is 0 Å². The Labute approximate surface area is 222 Å². The average molecular weight is 493 g/mol. The lowest BCUT2D eigenvalue weighted by Crippen LogP contribution is -2.23. The van der Waals surface area contributed by atoms with Crippen LogP contribution in [0.4, 0.5) is 4.70 Å². The van der Waals surface area contributed by atoms with Crippen molar-refractivity contribution in [2.75, 3.05) is 0 Å². The van der Waals surface area contributed by atoms with Gasteiger partial charge in [0.25, 0.3) is 0 Å². The van der Waals surface area contributed by atoms with Crippen LogP contribution < -0.4 is 10.4 Å². The highest BCUT2D eigenvalue weighted by Crippen LogP contribution is 2.38. The number of hydrogen-bond acceptors (Lipinski definition) is 0. The Kier molecular flexibility index (Phi) is 6.13. The molecule has 1 heteroatoms. The van der Waals surface area contributed by atoms with E-state index >= 15 is 0 Å². The molecule has 0 spiro atoms. The molecule has 184 valence electrons. The summed E-state index contributed by atoms with van der Waals surface area (Å²) in [6, 6.07) is 29.4. The fourth-order valence-electron chi connectivity index (χ4n) is 5.92. The van der Waals surface area contributed by atoms with Crippen molar-refractivity contribution in [2.45, 2.75) is 19.8 Å². The van der Waals surface area contributed by atoms with Crippen molar-refractivity contribution in [1.29, 1.82) is 0 Å². The smallest absolute Gasteiger partial charge is 0.00637 e. The van der Waals surface area contributed by atoms with Crippen LogP contribution in [0.25, 0.3) is 55.6 Å². The molecule has 2 aliphatic carbocycles. The van der Waals surface area contributed by atoms with E-state index in [-0.39, 0.29) is 4.70 Å². The lowest BCUT2D eigenvalue weighted by atomic mass is 9.88. The number of aryl methyl sites for hydroxylation is 1. The Morgan fingerprint density at radius 3 is 2.42 bits per heavy atom. The Balaban J connectivity index is 0.00000264. The Morgan fingerprint density at radius 1 is 0.632 bits per heavy atom. The van der Waals surface area contributed by atoms with Crippen molar-refractivity contribution in [2.24, 2.45) is 0 Å². The van der Waals surface area contributed by atoms with E-state index in [2.05, 4.69) is 134 Å². The third kappa shape index (κ3) is 4.11. The molecule has 0 unspecified atom stereocenters. The van der Waals surface area contributed by atoms with Crippen molar-refractivity contribution >= 4 is 55.6 Å². The highest BCUT2D eigenvalue weighted by Gasteiger charge is 2.15. The second-order valence-electron chi connectivity index (χ2n) is 10.2. The molecule has 0 saturated carbocycles. The molecule has 2 aliphatic rings. The molecule has 0 N–H and O–H groups in total. The van der Waals surface area contributed by atoms with E-state index in [1.807, 2.05) is 0 Å². The maximum atomic E-state index is 2.43. The molecule has 0 atom stereocenters. The summed E-state index contributed by atoms with van der Waals surface area (Å²) in [7, 11) is 0. The van der Waals surface area contributed by atoms with E-state index in [4.69, 9.17) is 0 Å². The van der Waals surface area contributed by atoms with Crippen molar-refractivity contribution in [1.82, 2.24) is 0 Å². The van der Waals surface area contributed by atoms with Gasteiger partial charge in [0.15, 0.2) is 0 Å². The lowest BCUT2D eigenvalue weighted by molar-refractivity contribution is 1.11. The van der Waals surface area contributed by atoms with Crippen LogP contribution in [-0.2, 0) is 0 Å². The Morgan fingerprint density at radius 2 is 1.47 bits per heavy atom. The van der Waals surface area contributed by atoms with E-state index in [1.165, 1.54) is 70.6 Å². The molecule has 5 aromatic rings. The highest BCUT2D eigenvalue weighted by atomic mass is 19.0. The minimum Gasteiger partial charge on any atom is -0.269 e. The lowest BCUT2D eigenvalue weighted by Gasteiger charge is -2.16. The fraction of sp³-hybridized carbons (Fsp3) is 0.0811. The highest BCUT2D eigenvalue weighted by molar-refractivity contribution is 6.11. The van der Waals surface area contributed by atoms with E-state index in [0.717, 1.165) is 12.8 Å². The third-order valence-corrected chi connectivity index (χ3v) is 7.70. The standard InChI is InChI=1S/C37H28.FH/c1-25-18-19-34-28(20-25)15-9-17-33(34)29-12-5-6-14-31(22-29)37-35-16-8-7-13-30(35)23-32-21-26-10-3-2-4-11-27(26)24-36(32)37;/h2-3,5-13,15-24H,4,14H2,1H3;1H. The van der Waals surface area contributed by atoms with Gasteiger partial charge < -0.3 is 0 Å². The molecule has 0 aromatic heterocycles. The van der Waals surface area contributed by atoms with Crippen LogP contribution in [0.2, 0.25) is 0 Å². The van der Waals surface area contributed by atoms with Crippen LogP contribution >= 0.6 is 0 Å². The third-order valence-electron chi connectivity index (χ3n) is 7.70. The van der Waals surface area contributed by atoms with Crippen molar-refractivity contribution in [3.05, 3.63) is 142 Å². The predicted molar refractivity (Wildman–Crippen MR) is 164 cm³/mol. The van der Waals surface area contributed by atoms with Crippen molar-refractivity contribution in [3.8, 4) is 0 Å². The maximum Gasteiger partial charge on any atom is -0.00637 e. The van der Waals surface area contributed by atoms with Crippen molar-refractivity contribution in [3.63, 3.8) is 0 Å². The summed E-state index contributed by atoms with van der Waals surface area (Å²) in [5, 5.41) is 10.4. The quantitative estimate of drug-likeness (QED) is 0.217. The zero-order valence-corrected chi connectivity index (χ0v) is 21.4. The summed E-state index contributed by atoms with van der Waals surface area (Å²) in [5.41, 5.74) is 6.56. The molecule has 38 heavy (non-hydrogen) atoms. The van der Waals surface area contributed by atoms with Gasteiger partial charge in [0.05, 0.1) is 0 Å². The topological polar surface area (TPSA) is 0 Å². The largest absolute Gasteiger partial charge is 0.269 e. The summed E-state index contributed by atoms with van der Waals surface area (Å²) in [6.07, 6.45) is 20.1. The maximum absolute atomic E-state index is 2.43. The normalized spacial score (nSPS) is 14.6. The first-order valence-electron chi connectivity index (χ1n) is 13.1. The summed E-state index contributed by atoms with van der Waals surface area (Å²) >= 11 is 0. The zero-order valence-electron chi connectivity index (χ0n) is 21.4. The molecule has 0 bridgehead atoms. The van der Waals surface area contributed by atoms with E-state index in [9.17, 15) is 0 Å². The zero-order chi connectivity index (χ0) is 24.8. The fourth-order valence-corrected chi connectivity index (χ4v) is 5.92. The van der Waals surface area contributed by atoms with Crippen LogP contribution in [0.3, 0.4) is 0 Å². The van der Waals surface area contributed by atoms with Crippen LogP contribution in [0.15, 0.2) is 115 Å². The number of fused-ring (bicyclic) bond motifs is 4. The molecular weight excluding hydrogens is 463 g/mol. The van der Waals surface area contributed by atoms with Gasteiger partial charge >= 0.3 is 0 Å².